The van der Waals surface area contributed by atoms with Crippen LogP contribution in [0.1, 0.15) is 39.0 Å². The molecule has 1 saturated heterocycles. The molecule has 2 heterocycles. The summed E-state index contributed by atoms with van der Waals surface area (Å²) in [7, 11) is 0. The van der Waals surface area contributed by atoms with Crippen molar-refractivity contribution < 1.29 is 4.79 Å². The fourth-order valence-electron chi connectivity index (χ4n) is 2.67. The minimum atomic E-state index is -0.301. The molecule has 5 heteroatoms. The van der Waals surface area contributed by atoms with Crippen molar-refractivity contribution in [3.63, 3.8) is 0 Å². The van der Waals surface area contributed by atoms with Crippen LogP contribution in [0.15, 0.2) is 18.7 Å². The number of nitrogens with one attached hydrogen (secondary N) is 2. The highest BCUT2D eigenvalue weighted by molar-refractivity contribution is 5.86. The fraction of sp³-hybridized carbons (Fsp3) is 0.714. The lowest BCUT2D eigenvalue weighted by Crippen LogP contribution is -2.53. The normalized spacial score (nSPS) is 22.6. The number of unbranched alkanes of at least 4 members (excludes halogenated alkanes) is 1. The minimum Gasteiger partial charge on any atom is -0.354 e. The lowest BCUT2D eigenvalue weighted by Gasteiger charge is -2.26. The van der Waals surface area contributed by atoms with Crippen molar-refractivity contribution in [1.29, 1.82) is 0 Å². The van der Waals surface area contributed by atoms with Gasteiger partial charge < -0.3 is 15.2 Å². The Bertz CT molecular complexity index is 382. The zero-order chi connectivity index (χ0) is 13.6. The quantitative estimate of drug-likeness (QED) is 0.730. The van der Waals surface area contributed by atoms with Gasteiger partial charge in [-0.15, -0.1) is 0 Å². The van der Waals surface area contributed by atoms with Crippen LogP contribution in [0, 0.1) is 0 Å². The molecular weight excluding hydrogens is 240 g/mol. The standard InChI is InChI=1S/C14H24N4O/c1-2-14(6-5-8-17-14)13(19)16-7-3-4-10-18-11-9-15-12-18/h9,11-12,17H,2-8,10H2,1H3,(H,16,19). The van der Waals surface area contributed by atoms with E-state index in [-0.39, 0.29) is 11.4 Å². The molecule has 0 spiro atoms. The molecule has 0 saturated carbocycles. The molecule has 106 valence electrons. The summed E-state index contributed by atoms with van der Waals surface area (Å²) in [6, 6.07) is 0. The number of nitrogens with zero attached hydrogens (tertiary/aromatic N) is 2. The number of aromatic nitrogens is 2. The Hall–Kier alpha value is -1.36. The van der Waals surface area contributed by atoms with Gasteiger partial charge in [-0.2, -0.15) is 0 Å². The van der Waals surface area contributed by atoms with Gasteiger partial charge in [-0.25, -0.2) is 4.98 Å². The molecule has 1 fully saturated rings. The maximum absolute atomic E-state index is 12.2. The van der Waals surface area contributed by atoms with Crippen LogP contribution in [-0.4, -0.2) is 34.1 Å². The zero-order valence-corrected chi connectivity index (χ0v) is 11.7. The van der Waals surface area contributed by atoms with Gasteiger partial charge in [0.2, 0.25) is 5.91 Å². The number of amides is 1. The van der Waals surface area contributed by atoms with Crippen molar-refractivity contribution >= 4 is 5.91 Å². The lowest BCUT2D eigenvalue weighted by atomic mass is 9.93. The van der Waals surface area contributed by atoms with Crippen LogP contribution in [-0.2, 0) is 11.3 Å². The van der Waals surface area contributed by atoms with Gasteiger partial charge in [-0.05, 0) is 38.6 Å². The van der Waals surface area contributed by atoms with Gasteiger partial charge in [0, 0.05) is 25.5 Å². The van der Waals surface area contributed by atoms with Crippen LogP contribution in [0.2, 0.25) is 0 Å². The van der Waals surface area contributed by atoms with Gasteiger partial charge in [0.15, 0.2) is 0 Å². The van der Waals surface area contributed by atoms with E-state index in [0.717, 1.165) is 51.7 Å². The van der Waals surface area contributed by atoms with Crippen LogP contribution >= 0.6 is 0 Å². The Kier molecular flexibility index (Phi) is 4.96. The van der Waals surface area contributed by atoms with Crippen LogP contribution in [0.5, 0.6) is 0 Å². The van der Waals surface area contributed by atoms with Crippen LogP contribution in [0.25, 0.3) is 0 Å². The molecule has 1 aromatic heterocycles. The highest BCUT2D eigenvalue weighted by Crippen LogP contribution is 2.22. The van der Waals surface area contributed by atoms with Gasteiger partial charge in [-0.1, -0.05) is 6.92 Å². The Morgan fingerprint density at radius 3 is 3.05 bits per heavy atom. The zero-order valence-electron chi connectivity index (χ0n) is 11.7. The largest absolute Gasteiger partial charge is 0.354 e. The van der Waals surface area contributed by atoms with E-state index in [1.807, 2.05) is 12.5 Å². The van der Waals surface area contributed by atoms with E-state index in [1.165, 1.54) is 0 Å². The van der Waals surface area contributed by atoms with Crippen molar-refractivity contribution in [3.05, 3.63) is 18.7 Å². The Balaban J connectivity index is 1.63. The monoisotopic (exact) mass is 264 g/mol. The van der Waals surface area contributed by atoms with Gasteiger partial charge in [0.25, 0.3) is 0 Å². The summed E-state index contributed by atoms with van der Waals surface area (Å²) in [4.78, 5) is 16.2. The van der Waals surface area contributed by atoms with E-state index in [0.29, 0.717) is 0 Å². The molecule has 19 heavy (non-hydrogen) atoms. The number of hydrogen-bond acceptors (Lipinski definition) is 3. The summed E-state index contributed by atoms with van der Waals surface area (Å²) in [5.41, 5.74) is -0.301. The summed E-state index contributed by atoms with van der Waals surface area (Å²) in [5, 5.41) is 6.43. The van der Waals surface area contributed by atoms with E-state index in [2.05, 4.69) is 27.1 Å². The van der Waals surface area contributed by atoms with Gasteiger partial charge >= 0.3 is 0 Å². The fourth-order valence-corrected chi connectivity index (χ4v) is 2.67. The molecule has 0 radical (unpaired) electrons. The molecule has 0 aromatic carbocycles. The molecular formula is C14H24N4O. The van der Waals surface area contributed by atoms with Gasteiger partial charge in [0.05, 0.1) is 11.9 Å². The summed E-state index contributed by atoms with van der Waals surface area (Å²) >= 11 is 0. The third-order valence-corrected chi connectivity index (χ3v) is 3.97. The smallest absolute Gasteiger partial charge is 0.240 e. The van der Waals surface area contributed by atoms with Crippen molar-refractivity contribution in [2.75, 3.05) is 13.1 Å². The number of carbonyl (C=O) groups excluding carboxylic acids is 1. The van der Waals surface area contributed by atoms with Crippen molar-refractivity contribution in [2.24, 2.45) is 0 Å². The predicted octanol–water partition coefficient (Wildman–Crippen LogP) is 1.31. The number of carbonyl (C=O) groups is 1. The van der Waals surface area contributed by atoms with Crippen molar-refractivity contribution in [1.82, 2.24) is 20.2 Å². The number of hydrogen-bond donors (Lipinski definition) is 2. The van der Waals surface area contributed by atoms with Crippen molar-refractivity contribution in [3.8, 4) is 0 Å². The first kappa shape index (κ1) is 14.1. The molecule has 1 aliphatic heterocycles. The Labute approximate surface area is 114 Å². The minimum absolute atomic E-state index is 0.176. The Morgan fingerprint density at radius 1 is 1.53 bits per heavy atom. The third-order valence-electron chi connectivity index (χ3n) is 3.97. The first-order chi connectivity index (χ1) is 9.27. The van der Waals surface area contributed by atoms with E-state index < -0.39 is 0 Å². The Morgan fingerprint density at radius 2 is 2.42 bits per heavy atom. The number of imidazole rings is 1. The average molecular weight is 264 g/mol. The summed E-state index contributed by atoms with van der Waals surface area (Å²) in [5.74, 6) is 0.176. The van der Waals surface area contributed by atoms with Crippen LogP contribution in [0.3, 0.4) is 0 Å². The van der Waals surface area contributed by atoms with E-state index >= 15 is 0 Å². The molecule has 1 unspecified atom stereocenters. The molecule has 5 nitrogen and oxygen atoms in total. The second-order valence-electron chi connectivity index (χ2n) is 5.23. The summed E-state index contributed by atoms with van der Waals surface area (Å²) in [6.45, 7) is 4.77. The summed E-state index contributed by atoms with van der Waals surface area (Å²) in [6.07, 6.45) is 10.6. The molecule has 2 N–H and O–H groups in total. The maximum atomic E-state index is 12.2. The second kappa shape index (κ2) is 6.70. The lowest BCUT2D eigenvalue weighted by molar-refractivity contribution is -0.127. The van der Waals surface area contributed by atoms with Gasteiger partial charge in [0.1, 0.15) is 0 Å². The van der Waals surface area contributed by atoms with Gasteiger partial charge in [-0.3, -0.25) is 4.79 Å². The van der Waals surface area contributed by atoms with E-state index in [9.17, 15) is 4.79 Å². The third kappa shape index (κ3) is 3.56. The predicted molar refractivity (Wildman–Crippen MR) is 74.7 cm³/mol. The first-order valence-corrected chi connectivity index (χ1v) is 7.26. The highest BCUT2D eigenvalue weighted by Gasteiger charge is 2.38. The molecule has 1 aliphatic rings. The molecule has 2 rings (SSSR count). The molecule has 0 bridgehead atoms. The molecule has 1 aromatic rings. The molecule has 1 atom stereocenters. The molecule has 0 aliphatic carbocycles. The SMILES string of the molecule is CCC1(C(=O)NCCCCn2ccnc2)CCCN1. The van der Waals surface area contributed by atoms with E-state index in [1.54, 1.807) is 6.20 Å². The van der Waals surface area contributed by atoms with E-state index in [4.69, 9.17) is 0 Å². The highest BCUT2D eigenvalue weighted by atomic mass is 16.2. The van der Waals surface area contributed by atoms with Crippen LogP contribution in [0.4, 0.5) is 0 Å². The summed E-state index contributed by atoms with van der Waals surface area (Å²) < 4.78 is 2.06. The number of aryl methyl sites for hydroxylation is 1. The van der Waals surface area contributed by atoms with Crippen LogP contribution < -0.4 is 10.6 Å². The average Bonchev–Trinajstić information content (AvgIpc) is 3.10. The first-order valence-electron chi connectivity index (χ1n) is 7.26. The number of rotatable bonds is 7. The van der Waals surface area contributed by atoms with Crippen molar-refractivity contribution in [2.45, 2.75) is 51.1 Å². The maximum Gasteiger partial charge on any atom is 0.240 e. The topological polar surface area (TPSA) is 59.0 Å². The second-order valence-corrected chi connectivity index (χ2v) is 5.23. The molecule has 1 amide bonds.